The van der Waals surface area contributed by atoms with Crippen LogP contribution in [0.1, 0.15) is 40.0 Å². The lowest BCUT2D eigenvalue weighted by Crippen LogP contribution is -2.62. The molecule has 0 aromatic carbocycles. The molecule has 3 rings (SSSR count). The van der Waals surface area contributed by atoms with Crippen LogP contribution in [0.3, 0.4) is 0 Å². The molecule has 5 heteroatoms. The molecule has 5 nitrogen and oxygen atoms in total. The summed E-state index contributed by atoms with van der Waals surface area (Å²) in [5.41, 5.74) is -0.0585. The van der Waals surface area contributed by atoms with Crippen molar-refractivity contribution in [3.8, 4) is 0 Å². The van der Waals surface area contributed by atoms with Gasteiger partial charge in [-0.05, 0) is 26.8 Å². The molecule has 122 valence electrons. The Hall–Kier alpha value is -0.200. The molecule has 2 unspecified atom stereocenters. The van der Waals surface area contributed by atoms with Crippen molar-refractivity contribution in [3.63, 3.8) is 0 Å². The van der Waals surface area contributed by atoms with Gasteiger partial charge >= 0.3 is 0 Å². The highest BCUT2D eigenvalue weighted by Gasteiger charge is 2.47. The average Bonchev–Trinajstić information content (AvgIpc) is 2.88. The van der Waals surface area contributed by atoms with E-state index in [1.54, 1.807) is 0 Å². The Labute approximate surface area is 128 Å². The average molecular weight is 298 g/mol. The summed E-state index contributed by atoms with van der Waals surface area (Å²) in [4.78, 5) is 2.59. The third kappa shape index (κ3) is 3.42. The van der Waals surface area contributed by atoms with Crippen LogP contribution in [0.2, 0.25) is 0 Å². The lowest BCUT2D eigenvalue weighted by Gasteiger charge is -2.49. The smallest absolute Gasteiger partial charge is 0.170 e. The van der Waals surface area contributed by atoms with Gasteiger partial charge in [-0.15, -0.1) is 0 Å². The number of rotatable bonds is 3. The van der Waals surface area contributed by atoms with E-state index in [9.17, 15) is 0 Å². The van der Waals surface area contributed by atoms with Crippen molar-refractivity contribution in [1.29, 1.82) is 0 Å². The monoisotopic (exact) mass is 298 g/mol. The molecule has 21 heavy (non-hydrogen) atoms. The van der Waals surface area contributed by atoms with Gasteiger partial charge in [-0.25, -0.2) is 0 Å². The molecule has 0 radical (unpaired) electrons. The summed E-state index contributed by atoms with van der Waals surface area (Å²) >= 11 is 0. The largest absolute Gasteiger partial charge is 0.373 e. The van der Waals surface area contributed by atoms with E-state index in [2.05, 4.69) is 31.0 Å². The third-order valence-corrected chi connectivity index (χ3v) is 5.02. The molecule has 2 aliphatic heterocycles. The molecule has 1 spiro atoms. The van der Waals surface area contributed by atoms with Crippen LogP contribution in [-0.4, -0.2) is 67.8 Å². The van der Waals surface area contributed by atoms with Crippen LogP contribution in [0.4, 0.5) is 0 Å². The van der Waals surface area contributed by atoms with Crippen LogP contribution in [0, 0.1) is 0 Å². The summed E-state index contributed by atoms with van der Waals surface area (Å²) in [6.45, 7) is 11.9. The van der Waals surface area contributed by atoms with Crippen molar-refractivity contribution >= 4 is 0 Å². The highest BCUT2D eigenvalue weighted by molar-refractivity contribution is 4.98. The Bertz CT molecular complexity index is 355. The van der Waals surface area contributed by atoms with Gasteiger partial charge in [0.1, 0.15) is 0 Å². The Morgan fingerprint density at radius 3 is 2.57 bits per heavy atom. The minimum atomic E-state index is -0.320. The molecular weight excluding hydrogens is 268 g/mol. The topological polar surface area (TPSA) is 43.0 Å². The zero-order valence-corrected chi connectivity index (χ0v) is 13.7. The lowest BCUT2D eigenvalue weighted by molar-refractivity contribution is -0.201. The van der Waals surface area contributed by atoms with Gasteiger partial charge in [0.2, 0.25) is 0 Å². The standard InChI is InChI=1S/C16H30N2O3/c1-4-17-13-5-6-16(20-9-10-21-16)11-14(13)18-7-8-19-15(2,3)12-18/h13-14,17H,4-12H2,1-3H3. The summed E-state index contributed by atoms with van der Waals surface area (Å²) in [6, 6.07) is 1.00. The summed E-state index contributed by atoms with van der Waals surface area (Å²) in [6.07, 6.45) is 3.10. The van der Waals surface area contributed by atoms with Crippen LogP contribution >= 0.6 is 0 Å². The first-order valence-corrected chi connectivity index (χ1v) is 8.43. The first-order chi connectivity index (χ1) is 10.0. The van der Waals surface area contributed by atoms with Crippen molar-refractivity contribution in [2.45, 2.75) is 63.5 Å². The Kier molecular flexibility index (Phi) is 4.58. The van der Waals surface area contributed by atoms with Crippen molar-refractivity contribution < 1.29 is 14.2 Å². The lowest BCUT2D eigenvalue weighted by atomic mass is 9.83. The maximum Gasteiger partial charge on any atom is 0.170 e. The zero-order valence-electron chi connectivity index (χ0n) is 13.7. The second-order valence-electron chi connectivity index (χ2n) is 7.16. The van der Waals surface area contributed by atoms with Crippen molar-refractivity contribution in [2.75, 3.05) is 39.5 Å². The van der Waals surface area contributed by atoms with Crippen LogP contribution < -0.4 is 5.32 Å². The minimum absolute atomic E-state index is 0.0585. The van der Waals surface area contributed by atoms with Gasteiger partial charge in [0.05, 0.1) is 25.4 Å². The number of nitrogens with zero attached hydrogens (tertiary/aromatic N) is 1. The highest BCUT2D eigenvalue weighted by Crippen LogP contribution is 2.38. The Morgan fingerprint density at radius 2 is 1.90 bits per heavy atom. The molecule has 0 aromatic rings. The fourth-order valence-corrected chi connectivity index (χ4v) is 4.11. The first kappa shape index (κ1) is 15.7. The Morgan fingerprint density at radius 1 is 1.14 bits per heavy atom. The number of likely N-dealkylation sites (N-methyl/N-ethyl adjacent to an activating group) is 1. The molecule has 1 aliphatic carbocycles. The number of ether oxygens (including phenoxy) is 3. The van der Waals surface area contributed by atoms with E-state index in [1.807, 2.05) is 0 Å². The maximum atomic E-state index is 5.97. The van der Waals surface area contributed by atoms with Crippen LogP contribution in [0.25, 0.3) is 0 Å². The normalized spacial score (nSPS) is 36.1. The van der Waals surface area contributed by atoms with Gasteiger partial charge < -0.3 is 19.5 Å². The fourth-order valence-electron chi connectivity index (χ4n) is 4.11. The van der Waals surface area contributed by atoms with E-state index in [1.165, 1.54) is 0 Å². The molecular formula is C16H30N2O3. The predicted molar refractivity (Wildman–Crippen MR) is 81.3 cm³/mol. The first-order valence-electron chi connectivity index (χ1n) is 8.43. The molecule has 0 amide bonds. The van der Waals surface area contributed by atoms with Crippen LogP contribution in [-0.2, 0) is 14.2 Å². The molecule has 0 aromatic heterocycles. The molecule has 2 saturated heterocycles. The van der Waals surface area contributed by atoms with Crippen molar-refractivity contribution in [3.05, 3.63) is 0 Å². The molecule has 1 N–H and O–H groups in total. The van der Waals surface area contributed by atoms with Gasteiger partial charge in [-0.1, -0.05) is 6.92 Å². The van der Waals surface area contributed by atoms with Crippen molar-refractivity contribution in [2.24, 2.45) is 0 Å². The van der Waals surface area contributed by atoms with Crippen LogP contribution in [0.5, 0.6) is 0 Å². The van der Waals surface area contributed by atoms with E-state index in [0.717, 1.165) is 58.7 Å². The van der Waals surface area contributed by atoms with Gasteiger partial charge in [-0.2, -0.15) is 0 Å². The van der Waals surface area contributed by atoms with Crippen molar-refractivity contribution in [1.82, 2.24) is 10.2 Å². The Balaban J connectivity index is 1.73. The van der Waals surface area contributed by atoms with Crippen LogP contribution in [0.15, 0.2) is 0 Å². The second-order valence-corrected chi connectivity index (χ2v) is 7.16. The molecule has 2 atom stereocenters. The minimum Gasteiger partial charge on any atom is -0.373 e. The van der Waals surface area contributed by atoms with Gasteiger partial charge in [0, 0.05) is 38.0 Å². The number of hydrogen-bond acceptors (Lipinski definition) is 5. The summed E-state index contributed by atoms with van der Waals surface area (Å²) in [7, 11) is 0. The molecule has 2 heterocycles. The SMILES string of the molecule is CCNC1CCC2(CC1N1CCOC(C)(C)C1)OCCO2. The number of morpholine rings is 1. The molecule has 3 aliphatic rings. The number of nitrogens with one attached hydrogen (secondary N) is 1. The molecule has 1 saturated carbocycles. The summed E-state index contributed by atoms with van der Waals surface area (Å²) in [5.74, 6) is -0.320. The van der Waals surface area contributed by atoms with Gasteiger partial charge in [-0.3, -0.25) is 4.90 Å². The summed E-state index contributed by atoms with van der Waals surface area (Å²) < 4.78 is 17.8. The number of hydrogen-bond donors (Lipinski definition) is 1. The second kappa shape index (κ2) is 6.13. The van der Waals surface area contributed by atoms with E-state index in [-0.39, 0.29) is 11.4 Å². The zero-order chi connectivity index (χ0) is 14.9. The molecule has 0 bridgehead atoms. The fraction of sp³-hybridized carbons (Fsp3) is 1.00. The van der Waals surface area contributed by atoms with Gasteiger partial charge in [0.25, 0.3) is 0 Å². The summed E-state index contributed by atoms with van der Waals surface area (Å²) in [5, 5.41) is 3.67. The van der Waals surface area contributed by atoms with E-state index in [0.29, 0.717) is 12.1 Å². The maximum absolute atomic E-state index is 5.97. The molecule has 3 fully saturated rings. The predicted octanol–water partition coefficient (Wildman–Crippen LogP) is 1.37. The van der Waals surface area contributed by atoms with E-state index < -0.39 is 0 Å². The van der Waals surface area contributed by atoms with Gasteiger partial charge in [0.15, 0.2) is 5.79 Å². The highest BCUT2D eigenvalue weighted by atomic mass is 16.7. The van der Waals surface area contributed by atoms with E-state index >= 15 is 0 Å². The quantitative estimate of drug-likeness (QED) is 0.852. The van der Waals surface area contributed by atoms with E-state index in [4.69, 9.17) is 14.2 Å². The third-order valence-electron chi connectivity index (χ3n) is 5.02.